The third-order valence-electron chi connectivity index (χ3n) is 7.21. The first-order valence-corrected chi connectivity index (χ1v) is 13.4. The molecule has 0 bridgehead atoms. The molecule has 0 spiro atoms. The molecule has 1 amide bonds. The molecule has 2 N–H and O–H groups in total. The van der Waals surface area contributed by atoms with Crippen LogP contribution in [-0.2, 0) is 4.79 Å². The molecule has 0 unspecified atom stereocenters. The topological polar surface area (TPSA) is 71.4 Å². The number of aromatic nitrogens is 2. The third kappa shape index (κ3) is 5.38. The van der Waals surface area contributed by atoms with Gasteiger partial charge in [-0.1, -0.05) is 30.3 Å². The van der Waals surface area contributed by atoms with E-state index in [0.29, 0.717) is 23.1 Å². The molecule has 2 atom stereocenters. The molecule has 1 aliphatic rings. The Morgan fingerprint density at radius 3 is 2.59 bits per heavy atom. The maximum absolute atomic E-state index is 13.0. The quantitative estimate of drug-likeness (QED) is 0.276. The van der Waals surface area contributed by atoms with Crippen LogP contribution in [0.2, 0.25) is 0 Å². The molecule has 1 saturated heterocycles. The van der Waals surface area contributed by atoms with E-state index >= 15 is 0 Å². The first-order chi connectivity index (χ1) is 18.9. The number of hydrogen-bond donors (Lipinski definition) is 2. The predicted molar refractivity (Wildman–Crippen MR) is 158 cm³/mol. The molecular formula is C31H33N5O2S. The van der Waals surface area contributed by atoms with E-state index in [2.05, 4.69) is 76.2 Å². The Bertz CT molecular complexity index is 1500. The van der Waals surface area contributed by atoms with Crippen LogP contribution < -0.4 is 15.4 Å². The summed E-state index contributed by atoms with van der Waals surface area (Å²) in [5.41, 5.74) is 7.32. The number of nitrogens with zero attached hydrogens (tertiary/aromatic N) is 3. The highest BCUT2D eigenvalue weighted by molar-refractivity contribution is 7.80. The van der Waals surface area contributed by atoms with Crippen LogP contribution in [0.1, 0.15) is 46.7 Å². The van der Waals surface area contributed by atoms with Gasteiger partial charge in [0.25, 0.3) is 0 Å². The largest absolute Gasteiger partial charge is 0.495 e. The zero-order valence-corrected chi connectivity index (χ0v) is 23.5. The summed E-state index contributed by atoms with van der Waals surface area (Å²) in [6.07, 6.45) is 2.07. The van der Waals surface area contributed by atoms with Gasteiger partial charge in [0.15, 0.2) is 5.11 Å². The predicted octanol–water partition coefficient (Wildman–Crippen LogP) is 5.81. The summed E-state index contributed by atoms with van der Waals surface area (Å²) in [5.74, 6) is 0.522. The van der Waals surface area contributed by atoms with Crippen LogP contribution in [0.3, 0.4) is 0 Å². The number of carbonyl (C=O) groups is 1. The summed E-state index contributed by atoms with van der Waals surface area (Å²) in [5, 5.41) is 7.09. The van der Waals surface area contributed by atoms with Crippen LogP contribution in [0.5, 0.6) is 5.75 Å². The molecule has 7 nitrogen and oxygen atoms in total. The van der Waals surface area contributed by atoms with E-state index in [1.54, 1.807) is 13.3 Å². The van der Waals surface area contributed by atoms with Gasteiger partial charge in [0.2, 0.25) is 5.91 Å². The van der Waals surface area contributed by atoms with Crippen molar-refractivity contribution in [2.24, 2.45) is 0 Å². The van der Waals surface area contributed by atoms with Crippen molar-refractivity contribution in [3.05, 3.63) is 107 Å². The van der Waals surface area contributed by atoms with Gasteiger partial charge >= 0.3 is 0 Å². The number of anilines is 1. The molecule has 200 valence electrons. The smallest absolute Gasteiger partial charge is 0.226 e. The van der Waals surface area contributed by atoms with Gasteiger partial charge in [-0.2, -0.15) is 0 Å². The minimum Gasteiger partial charge on any atom is -0.495 e. The number of para-hydroxylation sites is 2. The van der Waals surface area contributed by atoms with Gasteiger partial charge in [0.05, 0.1) is 30.6 Å². The minimum absolute atomic E-state index is 0.104. The number of nitrogens with one attached hydrogen (secondary N) is 2. The molecule has 4 aromatic rings. The first kappa shape index (κ1) is 26.4. The fourth-order valence-electron chi connectivity index (χ4n) is 5.42. The van der Waals surface area contributed by atoms with Crippen molar-refractivity contribution in [3.63, 3.8) is 0 Å². The number of benzene rings is 2. The van der Waals surface area contributed by atoms with Crippen molar-refractivity contribution in [1.29, 1.82) is 0 Å². The average Bonchev–Trinajstić information content (AvgIpc) is 3.42. The Morgan fingerprint density at radius 1 is 1.05 bits per heavy atom. The van der Waals surface area contributed by atoms with Crippen LogP contribution in [0.15, 0.2) is 79.0 Å². The zero-order chi connectivity index (χ0) is 27.5. The molecule has 8 heteroatoms. The number of amides is 1. The Kier molecular flexibility index (Phi) is 7.65. The SMILES string of the molecule is COc1ccccc1NC(=O)CCN1C(=S)N[C@H](c2ccccn2)[C@H]1c1cc(C)n(-c2cccc(C)c2)c1C. The average molecular weight is 540 g/mol. The molecule has 2 aromatic carbocycles. The third-order valence-corrected chi connectivity index (χ3v) is 7.56. The summed E-state index contributed by atoms with van der Waals surface area (Å²) in [6.45, 7) is 6.83. The Balaban J connectivity index is 1.47. The highest BCUT2D eigenvalue weighted by Crippen LogP contribution is 2.41. The lowest BCUT2D eigenvalue weighted by molar-refractivity contribution is -0.116. The van der Waals surface area contributed by atoms with Crippen molar-refractivity contribution in [2.45, 2.75) is 39.3 Å². The molecular weight excluding hydrogens is 506 g/mol. The van der Waals surface area contributed by atoms with Gasteiger partial charge in [0, 0.05) is 36.2 Å². The monoisotopic (exact) mass is 539 g/mol. The molecule has 3 heterocycles. The standard InChI is InChI=1S/C31H33N5O2S/c1-20-10-9-11-23(18-20)36-21(2)19-24(22(36)3)30-29(26-13-7-8-16-32-26)34-31(39)35(30)17-15-28(37)33-25-12-5-6-14-27(25)38-4/h5-14,16,18-19,29-30H,15,17H2,1-4H3,(H,33,37)(H,34,39)/t29-,30-/m1/s1. The summed E-state index contributed by atoms with van der Waals surface area (Å²) in [7, 11) is 1.59. The Hall–Kier alpha value is -4.17. The molecule has 5 rings (SSSR count). The molecule has 2 aromatic heterocycles. The lowest BCUT2D eigenvalue weighted by atomic mass is 9.96. The summed E-state index contributed by atoms with van der Waals surface area (Å²) >= 11 is 5.84. The van der Waals surface area contributed by atoms with Gasteiger partial charge < -0.3 is 24.8 Å². The van der Waals surface area contributed by atoms with Gasteiger partial charge in [-0.3, -0.25) is 9.78 Å². The second-order valence-electron chi connectivity index (χ2n) is 9.82. The second-order valence-corrected chi connectivity index (χ2v) is 10.2. The van der Waals surface area contributed by atoms with Gasteiger partial charge in [-0.25, -0.2) is 0 Å². The van der Waals surface area contributed by atoms with E-state index in [9.17, 15) is 4.79 Å². The highest BCUT2D eigenvalue weighted by Gasteiger charge is 2.41. The lowest BCUT2D eigenvalue weighted by Crippen LogP contribution is -2.33. The normalized spacial score (nSPS) is 16.7. The van der Waals surface area contributed by atoms with E-state index in [1.807, 2.05) is 42.5 Å². The minimum atomic E-state index is -0.151. The molecule has 0 aliphatic carbocycles. The van der Waals surface area contributed by atoms with E-state index in [4.69, 9.17) is 17.0 Å². The summed E-state index contributed by atoms with van der Waals surface area (Å²) < 4.78 is 7.67. The number of pyridine rings is 1. The van der Waals surface area contributed by atoms with E-state index in [1.165, 1.54) is 5.56 Å². The number of hydrogen-bond acceptors (Lipinski definition) is 4. The second kappa shape index (κ2) is 11.3. The van der Waals surface area contributed by atoms with Crippen molar-refractivity contribution in [1.82, 2.24) is 19.8 Å². The summed E-state index contributed by atoms with van der Waals surface area (Å²) in [4.78, 5) is 19.8. The van der Waals surface area contributed by atoms with Crippen molar-refractivity contribution < 1.29 is 9.53 Å². The fraction of sp³-hybridized carbons (Fsp3) is 0.258. The van der Waals surface area contributed by atoms with Gasteiger partial charge in [-0.15, -0.1) is 0 Å². The molecule has 0 saturated carbocycles. The Labute approximate surface area is 234 Å². The van der Waals surface area contributed by atoms with Gasteiger partial charge in [0.1, 0.15) is 5.75 Å². The van der Waals surface area contributed by atoms with Crippen molar-refractivity contribution in [2.75, 3.05) is 19.0 Å². The molecule has 0 radical (unpaired) electrons. The molecule has 39 heavy (non-hydrogen) atoms. The van der Waals surface area contributed by atoms with Crippen LogP contribution in [0.25, 0.3) is 5.69 Å². The number of aryl methyl sites for hydroxylation is 2. The highest BCUT2D eigenvalue weighted by atomic mass is 32.1. The maximum atomic E-state index is 13.0. The molecule has 1 aliphatic heterocycles. The lowest BCUT2D eigenvalue weighted by Gasteiger charge is -2.28. The number of rotatable bonds is 8. The van der Waals surface area contributed by atoms with Crippen molar-refractivity contribution in [3.8, 4) is 11.4 Å². The summed E-state index contributed by atoms with van der Waals surface area (Å²) in [6, 6.07) is 23.8. The number of thiocarbonyl (C=S) groups is 1. The van der Waals surface area contributed by atoms with Crippen LogP contribution in [0, 0.1) is 20.8 Å². The van der Waals surface area contributed by atoms with Crippen LogP contribution in [-0.4, -0.2) is 39.1 Å². The maximum Gasteiger partial charge on any atom is 0.226 e. The van der Waals surface area contributed by atoms with Crippen molar-refractivity contribution >= 4 is 28.9 Å². The first-order valence-electron chi connectivity index (χ1n) is 13.0. The number of ether oxygens (including phenoxy) is 1. The van der Waals surface area contributed by atoms with E-state index in [-0.39, 0.29) is 24.4 Å². The number of methoxy groups -OCH3 is 1. The van der Waals surface area contributed by atoms with Crippen LogP contribution >= 0.6 is 12.2 Å². The Morgan fingerprint density at radius 2 is 1.85 bits per heavy atom. The van der Waals surface area contributed by atoms with E-state index in [0.717, 1.165) is 28.3 Å². The van der Waals surface area contributed by atoms with Crippen LogP contribution in [0.4, 0.5) is 5.69 Å². The fourth-order valence-corrected chi connectivity index (χ4v) is 5.75. The molecule has 1 fully saturated rings. The zero-order valence-electron chi connectivity index (χ0n) is 22.6. The number of carbonyl (C=O) groups excluding carboxylic acids is 1. The van der Waals surface area contributed by atoms with E-state index < -0.39 is 0 Å². The van der Waals surface area contributed by atoms with Gasteiger partial charge in [-0.05, 0) is 86.6 Å².